The lowest BCUT2D eigenvalue weighted by molar-refractivity contribution is -0.126. The molecule has 5 heteroatoms. The maximum absolute atomic E-state index is 12.9. The van der Waals surface area contributed by atoms with Crippen molar-refractivity contribution < 1.29 is 4.79 Å². The summed E-state index contributed by atoms with van der Waals surface area (Å²) in [6.07, 6.45) is 0.788. The van der Waals surface area contributed by atoms with Gasteiger partial charge in [-0.1, -0.05) is 66.2 Å². The van der Waals surface area contributed by atoms with Gasteiger partial charge in [0, 0.05) is 36.7 Å². The zero-order valence-electron chi connectivity index (χ0n) is 18.1. The Labute approximate surface area is 189 Å². The molecule has 4 rings (SSSR count). The van der Waals surface area contributed by atoms with Crippen molar-refractivity contribution in [2.45, 2.75) is 51.5 Å². The molecule has 0 radical (unpaired) electrons. The Balaban J connectivity index is 1.45. The molecule has 31 heavy (non-hydrogen) atoms. The molecule has 0 spiro atoms. The van der Waals surface area contributed by atoms with E-state index >= 15 is 0 Å². The molecule has 1 aliphatic heterocycles. The van der Waals surface area contributed by atoms with Crippen LogP contribution in [0.15, 0.2) is 66.7 Å². The van der Waals surface area contributed by atoms with Crippen molar-refractivity contribution in [1.82, 2.24) is 15.5 Å². The van der Waals surface area contributed by atoms with Gasteiger partial charge in [0.2, 0.25) is 5.91 Å². The molecule has 0 aliphatic carbocycles. The molecule has 1 heterocycles. The fourth-order valence-corrected chi connectivity index (χ4v) is 4.53. The molecule has 2 atom stereocenters. The van der Waals surface area contributed by atoms with Crippen LogP contribution in [0.1, 0.15) is 31.4 Å². The topological polar surface area (TPSA) is 44.4 Å². The van der Waals surface area contributed by atoms with Crippen LogP contribution < -0.4 is 10.6 Å². The van der Waals surface area contributed by atoms with Crippen LogP contribution in [0.3, 0.4) is 0 Å². The molecule has 1 saturated heterocycles. The number of hydrogen-bond donors (Lipinski definition) is 2. The average Bonchev–Trinajstić information content (AvgIpc) is 3.16. The van der Waals surface area contributed by atoms with Crippen LogP contribution in [0.25, 0.3) is 10.8 Å². The van der Waals surface area contributed by atoms with Crippen molar-refractivity contribution in [3.8, 4) is 0 Å². The normalized spacial score (nSPS) is 19.2. The molecule has 0 bridgehead atoms. The van der Waals surface area contributed by atoms with E-state index in [1.165, 1.54) is 16.3 Å². The lowest BCUT2D eigenvalue weighted by Gasteiger charge is -2.24. The molecule has 4 nitrogen and oxygen atoms in total. The monoisotopic (exact) mass is 435 g/mol. The molecule has 3 aromatic carbocycles. The van der Waals surface area contributed by atoms with Crippen molar-refractivity contribution in [3.63, 3.8) is 0 Å². The summed E-state index contributed by atoms with van der Waals surface area (Å²) in [4.78, 5) is 15.1. The fourth-order valence-electron chi connectivity index (χ4n) is 4.34. The molecular formula is C26H30ClN3O. The van der Waals surface area contributed by atoms with E-state index in [2.05, 4.69) is 58.0 Å². The number of carbonyl (C=O) groups is 1. The van der Waals surface area contributed by atoms with Gasteiger partial charge in [0.15, 0.2) is 0 Å². The minimum Gasteiger partial charge on any atom is -0.353 e. The van der Waals surface area contributed by atoms with Gasteiger partial charge < -0.3 is 10.6 Å². The lowest BCUT2D eigenvalue weighted by Crippen LogP contribution is -2.45. The fraction of sp³-hybridized carbons (Fsp3) is 0.346. The molecule has 0 unspecified atom stereocenters. The van der Waals surface area contributed by atoms with E-state index in [-0.39, 0.29) is 24.0 Å². The number of carbonyl (C=O) groups excluding carboxylic acids is 1. The van der Waals surface area contributed by atoms with Crippen molar-refractivity contribution in [2.75, 3.05) is 6.54 Å². The second-order valence-electron chi connectivity index (χ2n) is 8.69. The minimum atomic E-state index is -0.159. The van der Waals surface area contributed by atoms with Gasteiger partial charge in [0.05, 0.1) is 6.04 Å². The number of amides is 1. The third-order valence-corrected chi connectivity index (χ3v) is 6.25. The highest BCUT2D eigenvalue weighted by Crippen LogP contribution is 2.25. The zero-order chi connectivity index (χ0) is 21.8. The summed E-state index contributed by atoms with van der Waals surface area (Å²) in [5.41, 5.74) is 2.31. The van der Waals surface area contributed by atoms with Gasteiger partial charge in [0.25, 0.3) is 0 Å². The van der Waals surface area contributed by atoms with E-state index in [0.29, 0.717) is 6.54 Å². The van der Waals surface area contributed by atoms with E-state index in [1.54, 1.807) is 0 Å². The Bertz CT molecular complexity index is 1050. The largest absolute Gasteiger partial charge is 0.353 e. The Morgan fingerprint density at radius 1 is 1.06 bits per heavy atom. The van der Waals surface area contributed by atoms with Gasteiger partial charge in [-0.25, -0.2) is 0 Å². The minimum absolute atomic E-state index is 0.0945. The number of nitrogens with zero attached hydrogens (tertiary/aromatic N) is 1. The van der Waals surface area contributed by atoms with Crippen LogP contribution in [-0.2, 0) is 17.9 Å². The number of hydrogen-bond acceptors (Lipinski definition) is 3. The summed E-state index contributed by atoms with van der Waals surface area (Å²) in [5.74, 6) is 0.0945. The van der Waals surface area contributed by atoms with Crippen LogP contribution in [-0.4, -0.2) is 35.5 Å². The smallest absolute Gasteiger partial charge is 0.237 e. The van der Waals surface area contributed by atoms with Gasteiger partial charge in [-0.2, -0.15) is 0 Å². The Hall–Kier alpha value is -2.40. The molecule has 3 aromatic rings. The van der Waals surface area contributed by atoms with Gasteiger partial charge in [-0.05, 0) is 54.3 Å². The van der Waals surface area contributed by atoms with Crippen molar-refractivity contribution in [3.05, 3.63) is 82.9 Å². The van der Waals surface area contributed by atoms with E-state index in [0.717, 1.165) is 30.1 Å². The average molecular weight is 436 g/mol. The predicted molar refractivity (Wildman–Crippen MR) is 128 cm³/mol. The molecule has 0 saturated carbocycles. The number of halogens is 1. The van der Waals surface area contributed by atoms with Crippen molar-refractivity contribution in [2.24, 2.45) is 0 Å². The number of likely N-dealkylation sites (tertiary alicyclic amines) is 1. The number of benzene rings is 3. The van der Waals surface area contributed by atoms with Crippen LogP contribution in [0.5, 0.6) is 0 Å². The molecule has 1 fully saturated rings. The van der Waals surface area contributed by atoms with E-state index in [9.17, 15) is 4.79 Å². The molecule has 1 aliphatic rings. The number of rotatable bonds is 7. The molecule has 1 amide bonds. The van der Waals surface area contributed by atoms with E-state index in [1.807, 2.05) is 38.1 Å². The standard InChI is InChI=1S/C26H30ClN3O/c1-18(2)29-26(31)25-14-23(17-30(25)16-22-9-5-6-10-24(22)27)28-15-19-11-12-20-7-3-4-8-21(20)13-19/h3-13,18,23,25,28H,14-17H2,1-2H3,(H,29,31)/t23-,25+/m1/s1. The Morgan fingerprint density at radius 3 is 2.58 bits per heavy atom. The molecule has 0 aromatic heterocycles. The first kappa shape index (κ1) is 21.8. The highest BCUT2D eigenvalue weighted by molar-refractivity contribution is 6.31. The highest BCUT2D eigenvalue weighted by Gasteiger charge is 2.36. The highest BCUT2D eigenvalue weighted by atomic mass is 35.5. The predicted octanol–water partition coefficient (Wildman–Crippen LogP) is 4.75. The summed E-state index contributed by atoms with van der Waals surface area (Å²) in [6.45, 7) is 6.27. The van der Waals surface area contributed by atoms with E-state index < -0.39 is 0 Å². The van der Waals surface area contributed by atoms with Gasteiger partial charge in [-0.15, -0.1) is 0 Å². The third-order valence-electron chi connectivity index (χ3n) is 5.88. The maximum atomic E-state index is 12.9. The first-order chi connectivity index (χ1) is 15.0. The van der Waals surface area contributed by atoms with Crippen molar-refractivity contribution >= 4 is 28.3 Å². The molecule has 162 valence electrons. The summed E-state index contributed by atoms with van der Waals surface area (Å²) in [6, 6.07) is 23.1. The first-order valence-electron chi connectivity index (χ1n) is 11.0. The lowest BCUT2D eigenvalue weighted by atomic mass is 10.1. The Morgan fingerprint density at radius 2 is 1.81 bits per heavy atom. The van der Waals surface area contributed by atoms with Gasteiger partial charge in [-0.3, -0.25) is 9.69 Å². The zero-order valence-corrected chi connectivity index (χ0v) is 18.9. The summed E-state index contributed by atoms with van der Waals surface area (Å²) < 4.78 is 0. The first-order valence-corrected chi connectivity index (χ1v) is 11.4. The maximum Gasteiger partial charge on any atom is 0.237 e. The second-order valence-corrected chi connectivity index (χ2v) is 9.10. The van der Waals surface area contributed by atoms with Crippen LogP contribution in [0.2, 0.25) is 5.02 Å². The number of fused-ring (bicyclic) bond motifs is 1. The summed E-state index contributed by atoms with van der Waals surface area (Å²) in [7, 11) is 0. The van der Waals surface area contributed by atoms with Crippen molar-refractivity contribution in [1.29, 1.82) is 0 Å². The second kappa shape index (κ2) is 9.82. The quantitative estimate of drug-likeness (QED) is 0.562. The SMILES string of the molecule is CC(C)NC(=O)[C@@H]1C[C@@H](NCc2ccc3ccccc3c2)CN1Cc1ccccc1Cl. The Kier molecular flexibility index (Phi) is 6.91. The third kappa shape index (κ3) is 5.45. The molecular weight excluding hydrogens is 406 g/mol. The molecule has 2 N–H and O–H groups in total. The van der Waals surface area contributed by atoms with Gasteiger partial charge in [0.1, 0.15) is 0 Å². The van der Waals surface area contributed by atoms with E-state index in [4.69, 9.17) is 11.6 Å². The number of nitrogens with one attached hydrogen (secondary N) is 2. The summed E-state index contributed by atoms with van der Waals surface area (Å²) >= 11 is 6.40. The van der Waals surface area contributed by atoms with Crippen LogP contribution in [0.4, 0.5) is 0 Å². The van der Waals surface area contributed by atoms with Crippen LogP contribution in [0, 0.1) is 0 Å². The van der Waals surface area contributed by atoms with Gasteiger partial charge >= 0.3 is 0 Å². The van der Waals surface area contributed by atoms with Crippen LogP contribution >= 0.6 is 11.6 Å². The summed E-state index contributed by atoms with van der Waals surface area (Å²) in [5, 5.41) is 10.0.